The summed E-state index contributed by atoms with van der Waals surface area (Å²) < 4.78 is 0. The second kappa shape index (κ2) is 6.20. The van der Waals surface area contributed by atoms with Crippen LogP contribution in [0.15, 0.2) is 18.2 Å². The van der Waals surface area contributed by atoms with Gasteiger partial charge in [-0.3, -0.25) is 20.8 Å². The number of nitrogens with two attached hydrogens (primary N) is 1. The summed E-state index contributed by atoms with van der Waals surface area (Å²) in [6.07, 6.45) is 1.91. The molecule has 20 heavy (non-hydrogen) atoms. The molecule has 1 aromatic rings. The van der Waals surface area contributed by atoms with E-state index in [1.807, 2.05) is 0 Å². The third kappa shape index (κ3) is 3.35. The number of rotatable bonds is 7. The predicted molar refractivity (Wildman–Crippen MR) is 75.1 cm³/mol. The highest BCUT2D eigenvalue weighted by Crippen LogP contribution is 2.32. The highest BCUT2D eigenvalue weighted by molar-refractivity contribution is 5.81. The standard InChI is InChI=1S/C12H17N5O3/c13-16-10-3-1-2-9(11(10)17(19)20)14-6-7-15-12(18)8-4-5-8/h1-3,8,14,16H,4-7,13H2,(H,15,18). The number of benzene rings is 1. The third-order valence-electron chi connectivity index (χ3n) is 3.06. The van der Waals surface area contributed by atoms with Gasteiger partial charge in [-0.15, -0.1) is 0 Å². The van der Waals surface area contributed by atoms with Crippen molar-refractivity contribution in [3.8, 4) is 0 Å². The molecular weight excluding hydrogens is 262 g/mol. The van der Waals surface area contributed by atoms with E-state index in [9.17, 15) is 14.9 Å². The molecule has 1 fully saturated rings. The van der Waals surface area contributed by atoms with E-state index in [0.717, 1.165) is 12.8 Å². The SMILES string of the molecule is NNc1cccc(NCCNC(=O)C2CC2)c1[N+](=O)[O-]. The molecule has 1 aliphatic rings. The molecule has 0 aromatic heterocycles. The Hall–Kier alpha value is -2.35. The number of hydrogen-bond acceptors (Lipinski definition) is 6. The largest absolute Gasteiger partial charge is 0.378 e. The summed E-state index contributed by atoms with van der Waals surface area (Å²) in [7, 11) is 0. The number of nitro groups is 1. The Labute approximate surface area is 115 Å². The van der Waals surface area contributed by atoms with Crippen LogP contribution in [0.25, 0.3) is 0 Å². The molecule has 0 radical (unpaired) electrons. The maximum atomic E-state index is 11.4. The van der Waals surface area contributed by atoms with E-state index in [-0.39, 0.29) is 23.2 Å². The molecule has 108 valence electrons. The molecule has 2 rings (SSSR count). The molecule has 8 heteroatoms. The topological polar surface area (TPSA) is 122 Å². The van der Waals surface area contributed by atoms with Crippen molar-refractivity contribution in [2.75, 3.05) is 23.8 Å². The van der Waals surface area contributed by atoms with Crippen molar-refractivity contribution in [2.24, 2.45) is 11.8 Å². The van der Waals surface area contributed by atoms with Gasteiger partial charge in [-0.1, -0.05) is 6.07 Å². The summed E-state index contributed by atoms with van der Waals surface area (Å²) in [6.45, 7) is 0.833. The smallest absolute Gasteiger partial charge is 0.316 e. The highest BCUT2D eigenvalue weighted by Gasteiger charge is 2.29. The summed E-state index contributed by atoms with van der Waals surface area (Å²) in [5.74, 6) is 5.47. The number of nitrogens with zero attached hydrogens (tertiary/aromatic N) is 1. The molecule has 5 N–H and O–H groups in total. The van der Waals surface area contributed by atoms with Crippen molar-refractivity contribution >= 4 is 23.0 Å². The predicted octanol–water partition coefficient (Wildman–Crippen LogP) is 0.818. The number of anilines is 2. The van der Waals surface area contributed by atoms with Gasteiger partial charge in [-0.2, -0.15) is 0 Å². The highest BCUT2D eigenvalue weighted by atomic mass is 16.6. The summed E-state index contributed by atoms with van der Waals surface area (Å²) >= 11 is 0. The first-order valence-corrected chi connectivity index (χ1v) is 6.39. The van der Waals surface area contributed by atoms with Gasteiger partial charge in [0.25, 0.3) is 0 Å². The molecule has 1 aliphatic carbocycles. The first-order chi connectivity index (χ1) is 9.63. The number of carbonyl (C=O) groups is 1. The van der Waals surface area contributed by atoms with E-state index in [1.165, 1.54) is 6.07 Å². The van der Waals surface area contributed by atoms with Crippen LogP contribution in [0.4, 0.5) is 17.1 Å². The lowest BCUT2D eigenvalue weighted by molar-refractivity contribution is -0.383. The van der Waals surface area contributed by atoms with Gasteiger partial charge in [0, 0.05) is 19.0 Å². The van der Waals surface area contributed by atoms with E-state index in [0.29, 0.717) is 18.8 Å². The van der Waals surface area contributed by atoms with Gasteiger partial charge in [0.1, 0.15) is 11.4 Å². The van der Waals surface area contributed by atoms with Crippen LogP contribution in [0.5, 0.6) is 0 Å². The fourth-order valence-electron chi connectivity index (χ4n) is 1.87. The summed E-state index contributed by atoms with van der Waals surface area (Å²) in [5.41, 5.74) is 2.79. The summed E-state index contributed by atoms with van der Waals surface area (Å²) in [6, 6.07) is 4.78. The average molecular weight is 279 g/mol. The van der Waals surface area contributed by atoms with E-state index in [2.05, 4.69) is 16.1 Å². The number of hydrazine groups is 1. The lowest BCUT2D eigenvalue weighted by Gasteiger charge is -2.10. The maximum Gasteiger partial charge on any atom is 0.316 e. The molecule has 0 heterocycles. The molecule has 0 unspecified atom stereocenters. The maximum absolute atomic E-state index is 11.4. The first kappa shape index (κ1) is 14.1. The summed E-state index contributed by atoms with van der Waals surface area (Å²) in [4.78, 5) is 22.0. The second-order valence-corrected chi connectivity index (χ2v) is 4.60. The van der Waals surface area contributed by atoms with Gasteiger partial charge in [0.05, 0.1) is 4.92 Å². The molecule has 0 bridgehead atoms. The first-order valence-electron chi connectivity index (χ1n) is 6.39. The Morgan fingerprint density at radius 2 is 2.05 bits per heavy atom. The van der Waals surface area contributed by atoms with Crippen molar-refractivity contribution in [1.82, 2.24) is 5.32 Å². The number of amides is 1. The summed E-state index contributed by atoms with van der Waals surface area (Å²) in [5, 5.41) is 16.8. The van der Waals surface area contributed by atoms with Crippen LogP contribution in [-0.2, 0) is 4.79 Å². The zero-order valence-corrected chi connectivity index (χ0v) is 10.9. The molecule has 0 spiro atoms. The zero-order valence-electron chi connectivity index (χ0n) is 10.9. The van der Waals surface area contributed by atoms with Crippen molar-refractivity contribution in [2.45, 2.75) is 12.8 Å². The van der Waals surface area contributed by atoms with Gasteiger partial charge in [0.15, 0.2) is 0 Å². The fraction of sp³-hybridized carbons (Fsp3) is 0.417. The van der Waals surface area contributed by atoms with E-state index in [1.54, 1.807) is 12.1 Å². The molecular formula is C12H17N5O3. The van der Waals surface area contributed by atoms with Gasteiger partial charge in [-0.05, 0) is 25.0 Å². The minimum atomic E-state index is -0.500. The molecule has 0 atom stereocenters. The van der Waals surface area contributed by atoms with Gasteiger partial charge in [-0.25, -0.2) is 0 Å². The average Bonchev–Trinajstić information content (AvgIpc) is 3.27. The third-order valence-corrected chi connectivity index (χ3v) is 3.06. The Morgan fingerprint density at radius 3 is 2.65 bits per heavy atom. The number of hydrogen-bond donors (Lipinski definition) is 4. The van der Waals surface area contributed by atoms with Crippen LogP contribution in [0, 0.1) is 16.0 Å². The molecule has 8 nitrogen and oxygen atoms in total. The zero-order chi connectivity index (χ0) is 14.5. The minimum Gasteiger partial charge on any atom is -0.378 e. The van der Waals surface area contributed by atoms with Crippen LogP contribution in [0.3, 0.4) is 0 Å². The number of nitro benzene ring substituents is 1. The molecule has 1 amide bonds. The number of nitrogen functional groups attached to an aromatic ring is 1. The van der Waals surface area contributed by atoms with Crippen molar-refractivity contribution in [1.29, 1.82) is 0 Å². The monoisotopic (exact) mass is 279 g/mol. The van der Waals surface area contributed by atoms with Gasteiger partial charge in [0.2, 0.25) is 5.91 Å². The quantitative estimate of drug-likeness (QED) is 0.254. The van der Waals surface area contributed by atoms with E-state index in [4.69, 9.17) is 5.84 Å². The fourth-order valence-corrected chi connectivity index (χ4v) is 1.87. The van der Waals surface area contributed by atoms with E-state index < -0.39 is 4.92 Å². The molecule has 1 saturated carbocycles. The second-order valence-electron chi connectivity index (χ2n) is 4.60. The lowest BCUT2D eigenvalue weighted by atomic mass is 10.2. The molecule has 1 aromatic carbocycles. The van der Waals surface area contributed by atoms with Crippen molar-refractivity contribution in [3.05, 3.63) is 28.3 Å². The van der Waals surface area contributed by atoms with Crippen molar-refractivity contribution < 1.29 is 9.72 Å². The molecule has 0 saturated heterocycles. The number of carbonyl (C=O) groups excluding carboxylic acids is 1. The normalized spacial score (nSPS) is 13.7. The van der Waals surface area contributed by atoms with Crippen LogP contribution < -0.4 is 21.9 Å². The van der Waals surface area contributed by atoms with Crippen LogP contribution >= 0.6 is 0 Å². The Bertz CT molecular complexity index is 516. The van der Waals surface area contributed by atoms with Crippen LogP contribution in [0.1, 0.15) is 12.8 Å². The number of nitrogens with one attached hydrogen (secondary N) is 3. The Morgan fingerprint density at radius 1 is 1.35 bits per heavy atom. The minimum absolute atomic E-state index is 0.0543. The van der Waals surface area contributed by atoms with Gasteiger partial charge >= 0.3 is 5.69 Å². The van der Waals surface area contributed by atoms with Crippen LogP contribution in [-0.4, -0.2) is 23.9 Å². The van der Waals surface area contributed by atoms with E-state index >= 15 is 0 Å². The van der Waals surface area contributed by atoms with Crippen molar-refractivity contribution in [3.63, 3.8) is 0 Å². The molecule has 0 aliphatic heterocycles. The van der Waals surface area contributed by atoms with Crippen LogP contribution in [0.2, 0.25) is 0 Å². The van der Waals surface area contributed by atoms with Gasteiger partial charge < -0.3 is 16.1 Å². The lowest BCUT2D eigenvalue weighted by Crippen LogP contribution is -2.29. The Kier molecular flexibility index (Phi) is 4.36. The Balaban J connectivity index is 1.91. The number of para-hydroxylation sites is 1.